The van der Waals surface area contributed by atoms with E-state index in [4.69, 9.17) is 4.74 Å². The molecule has 6 heteroatoms. The summed E-state index contributed by atoms with van der Waals surface area (Å²) in [6.07, 6.45) is 2.79. The Morgan fingerprint density at radius 2 is 2.07 bits per heavy atom. The Hall–Kier alpha value is -2.09. The molecule has 1 heterocycles. The zero-order valence-corrected chi connectivity index (χ0v) is 19.1. The first-order valence-corrected chi connectivity index (χ1v) is 10.4. The summed E-state index contributed by atoms with van der Waals surface area (Å²) in [6.45, 7) is 6.81. The molecule has 0 saturated heterocycles. The molecule has 0 aliphatic carbocycles. The van der Waals surface area contributed by atoms with Crippen LogP contribution in [0.2, 0.25) is 0 Å². The van der Waals surface area contributed by atoms with Gasteiger partial charge in [-0.2, -0.15) is 5.10 Å². The number of nitrogens with one attached hydrogen (secondary N) is 1. The van der Waals surface area contributed by atoms with Crippen LogP contribution in [-0.2, 0) is 0 Å². The number of rotatable bonds is 4. The van der Waals surface area contributed by atoms with Crippen molar-refractivity contribution in [3.63, 3.8) is 0 Å². The molecular weight excluding hydrogens is 465 g/mol. The quantitative estimate of drug-likeness (QED) is 0.381. The van der Waals surface area contributed by atoms with Crippen LogP contribution in [0.5, 0.6) is 5.75 Å². The summed E-state index contributed by atoms with van der Waals surface area (Å²) >= 11 is 2.17. The van der Waals surface area contributed by atoms with E-state index in [0.29, 0.717) is 17.2 Å². The number of hydrogen-bond donors (Lipinski definition) is 1. The second-order valence-corrected chi connectivity index (χ2v) is 9.01. The molecule has 0 aromatic heterocycles. The number of methoxy groups -OCH3 is 1. The maximum Gasteiger partial charge on any atom is 0.271 e. The lowest BCUT2D eigenvalue weighted by molar-refractivity contribution is 0.0954. The van der Waals surface area contributed by atoms with Crippen LogP contribution in [0.15, 0.2) is 41.5 Å². The molecule has 1 atom stereocenters. The van der Waals surface area contributed by atoms with Gasteiger partial charge in [0.15, 0.2) is 0 Å². The Balaban J connectivity index is 1.73. The van der Waals surface area contributed by atoms with Crippen molar-refractivity contribution in [2.75, 3.05) is 19.1 Å². The van der Waals surface area contributed by atoms with Gasteiger partial charge < -0.3 is 9.64 Å². The van der Waals surface area contributed by atoms with Crippen LogP contribution in [0.3, 0.4) is 0 Å². The van der Waals surface area contributed by atoms with Gasteiger partial charge in [0.25, 0.3) is 5.91 Å². The molecule has 1 aliphatic heterocycles. The molecule has 1 aliphatic rings. The lowest BCUT2D eigenvalue weighted by atomic mass is 9.80. The summed E-state index contributed by atoms with van der Waals surface area (Å²) in [5.41, 5.74) is 6.80. The van der Waals surface area contributed by atoms with Gasteiger partial charge in [-0.3, -0.25) is 4.79 Å². The largest absolute Gasteiger partial charge is 0.496 e. The predicted octanol–water partition coefficient (Wildman–Crippen LogP) is 4.79. The molecule has 3 rings (SSSR count). The minimum absolute atomic E-state index is 0.143. The van der Waals surface area contributed by atoms with Gasteiger partial charge >= 0.3 is 0 Å². The van der Waals surface area contributed by atoms with Gasteiger partial charge in [0, 0.05) is 23.8 Å². The highest BCUT2D eigenvalue weighted by Crippen LogP contribution is 2.42. The lowest BCUT2D eigenvalue weighted by Crippen LogP contribution is -2.45. The maximum atomic E-state index is 12.3. The van der Waals surface area contributed by atoms with Crippen molar-refractivity contribution in [2.24, 2.45) is 5.10 Å². The van der Waals surface area contributed by atoms with E-state index in [1.807, 2.05) is 12.1 Å². The van der Waals surface area contributed by atoms with Crippen molar-refractivity contribution in [1.82, 2.24) is 5.43 Å². The lowest BCUT2D eigenvalue weighted by Gasteiger charge is -2.45. The molecule has 0 radical (unpaired) electrons. The van der Waals surface area contributed by atoms with E-state index in [1.165, 1.54) is 11.3 Å². The van der Waals surface area contributed by atoms with Crippen LogP contribution in [0.4, 0.5) is 5.69 Å². The number of halogens is 1. The number of ether oxygens (including phenoxy) is 1. The van der Waals surface area contributed by atoms with Gasteiger partial charge in [-0.15, -0.1) is 0 Å². The SMILES string of the molecule is COc1cc(C(=O)N/N=C/c2ccc3c(c2)[C@@H](C)CC(C)(C)N3C)ccc1I. The predicted molar refractivity (Wildman–Crippen MR) is 123 cm³/mol. The number of carbonyl (C=O) groups is 1. The summed E-state index contributed by atoms with van der Waals surface area (Å²) in [5, 5.41) is 4.14. The smallest absolute Gasteiger partial charge is 0.271 e. The second-order valence-electron chi connectivity index (χ2n) is 7.84. The third-order valence-electron chi connectivity index (χ3n) is 5.45. The van der Waals surface area contributed by atoms with Crippen molar-refractivity contribution in [2.45, 2.75) is 38.6 Å². The molecule has 1 N–H and O–H groups in total. The van der Waals surface area contributed by atoms with Gasteiger partial charge in [0.05, 0.1) is 16.9 Å². The molecule has 0 saturated carbocycles. The Morgan fingerprint density at radius 3 is 2.79 bits per heavy atom. The van der Waals surface area contributed by atoms with Gasteiger partial charge in [-0.1, -0.05) is 13.0 Å². The van der Waals surface area contributed by atoms with Crippen LogP contribution in [-0.4, -0.2) is 31.8 Å². The van der Waals surface area contributed by atoms with Crippen molar-refractivity contribution in [3.8, 4) is 5.75 Å². The number of amides is 1. The number of fused-ring (bicyclic) bond motifs is 1. The molecule has 0 unspecified atom stereocenters. The molecule has 2 aromatic rings. The normalized spacial score (nSPS) is 18.1. The zero-order chi connectivity index (χ0) is 20.5. The minimum Gasteiger partial charge on any atom is -0.496 e. The molecular formula is C22H26IN3O2. The summed E-state index contributed by atoms with van der Waals surface area (Å²) in [4.78, 5) is 14.7. The Labute approximate surface area is 180 Å². The minimum atomic E-state index is -0.265. The first-order chi connectivity index (χ1) is 13.2. The van der Waals surface area contributed by atoms with Crippen LogP contribution in [0.1, 0.15) is 54.6 Å². The van der Waals surface area contributed by atoms with E-state index in [9.17, 15) is 4.79 Å². The van der Waals surface area contributed by atoms with Crippen molar-refractivity contribution in [1.29, 1.82) is 0 Å². The summed E-state index contributed by atoms with van der Waals surface area (Å²) < 4.78 is 6.22. The van der Waals surface area contributed by atoms with E-state index in [0.717, 1.165) is 15.6 Å². The Kier molecular flexibility index (Phi) is 5.98. The first kappa shape index (κ1) is 20.6. The molecule has 0 bridgehead atoms. The molecule has 2 aromatic carbocycles. The number of hydrazone groups is 1. The molecule has 28 heavy (non-hydrogen) atoms. The number of carbonyl (C=O) groups excluding carboxylic acids is 1. The number of hydrogen-bond acceptors (Lipinski definition) is 4. The fourth-order valence-electron chi connectivity index (χ4n) is 3.71. The Morgan fingerprint density at radius 1 is 1.32 bits per heavy atom. The Bertz CT molecular complexity index is 924. The standard InChI is InChI=1S/C22H26IN3O2/c1-14-12-22(2,3)26(4)19-9-6-15(10-17(14)19)13-24-25-21(27)16-7-8-18(23)20(11-16)28-5/h6-11,13-14H,12H2,1-5H3,(H,25,27)/b24-13+/t14-/m0/s1. The molecule has 0 spiro atoms. The maximum absolute atomic E-state index is 12.3. The first-order valence-electron chi connectivity index (χ1n) is 9.27. The highest BCUT2D eigenvalue weighted by Gasteiger charge is 2.33. The van der Waals surface area contributed by atoms with Crippen LogP contribution in [0.25, 0.3) is 0 Å². The fraction of sp³-hybridized carbons (Fsp3) is 0.364. The molecule has 148 valence electrons. The van der Waals surface area contributed by atoms with Gasteiger partial charge in [0.1, 0.15) is 5.75 Å². The van der Waals surface area contributed by atoms with Crippen LogP contribution < -0.4 is 15.1 Å². The highest BCUT2D eigenvalue weighted by atomic mass is 127. The number of nitrogens with zero attached hydrogens (tertiary/aromatic N) is 2. The summed E-state index contributed by atoms with van der Waals surface area (Å²) in [7, 11) is 3.74. The monoisotopic (exact) mass is 491 g/mol. The van der Waals surface area contributed by atoms with Gasteiger partial charge in [0.2, 0.25) is 0 Å². The highest BCUT2D eigenvalue weighted by molar-refractivity contribution is 14.1. The number of benzene rings is 2. The van der Waals surface area contributed by atoms with E-state index in [2.05, 4.69) is 78.0 Å². The molecule has 1 amide bonds. The zero-order valence-electron chi connectivity index (χ0n) is 16.9. The van der Waals surface area contributed by atoms with E-state index in [1.54, 1.807) is 25.5 Å². The fourth-order valence-corrected chi connectivity index (χ4v) is 4.26. The van der Waals surface area contributed by atoms with Crippen molar-refractivity contribution >= 4 is 40.4 Å². The van der Waals surface area contributed by atoms with Crippen molar-refractivity contribution < 1.29 is 9.53 Å². The van der Waals surface area contributed by atoms with Crippen LogP contribution >= 0.6 is 22.6 Å². The van der Waals surface area contributed by atoms with Crippen LogP contribution in [0, 0.1) is 3.57 Å². The van der Waals surface area contributed by atoms with E-state index in [-0.39, 0.29) is 11.4 Å². The third kappa shape index (κ3) is 4.16. The summed E-state index contributed by atoms with van der Waals surface area (Å²) in [6, 6.07) is 11.7. The third-order valence-corrected chi connectivity index (χ3v) is 6.34. The topological polar surface area (TPSA) is 53.9 Å². The number of anilines is 1. The van der Waals surface area contributed by atoms with E-state index >= 15 is 0 Å². The van der Waals surface area contributed by atoms with E-state index < -0.39 is 0 Å². The molecule has 0 fully saturated rings. The van der Waals surface area contributed by atoms with Crippen molar-refractivity contribution in [3.05, 3.63) is 56.7 Å². The summed E-state index contributed by atoms with van der Waals surface area (Å²) in [5.74, 6) is 0.884. The van der Waals surface area contributed by atoms with Gasteiger partial charge in [-0.05, 0) is 90.2 Å². The average molecular weight is 491 g/mol. The average Bonchev–Trinajstić information content (AvgIpc) is 2.66. The second kappa shape index (κ2) is 8.11. The molecule has 5 nitrogen and oxygen atoms in total. The van der Waals surface area contributed by atoms with Gasteiger partial charge in [-0.25, -0.2) is 5.43 Å².